The van der Waals surface area contributed by atoms with E-state index >= 15 is 0 Å². The molecule has 2 unspecified atom stereocenters. The van der Waals surface area contributed by atoms with Crippen LogP contribution in [0.25, 0.3) is 0 Å². The summed E-state index contributed by atoms with van der Waals surface area (Å²) in [6, 6.07) is 0. The number of phosphoric ester groups is 1. The number of unbranched alkanes of at least 4 members (excludes halogenated alkanes) is 43. The first-order valence-electron chi connectivity index (χ1n) is 29.8. The van der Waals surface area contributed by atoms with Crippen LogP contribution in [-0.2, 0) is 27.9 Å². The number of phosphoric acid groups is 1. The molecule has 9 heteroatoms. The molecular formula is C58H119NO7P+. The number of likely N-dealkylation sites (N-methyl/N-ethyl adjacent to an activating group) is 1. The molecule has 0 fully saturated rings. The highest BCUT2D eigenvalue weighted by atomic mass is 31.2. The van der Waals surface area contributed by atoms with E-state index in [4.69, 9.17) is 18.5 Å². The van der Waals surface area contributed by atoms with E-state index in [1.165, 1.54) is 257 Å². The summed E-state index contributed by atoms with van der Waals surface area (Å²) >= 11 is 0. The maximum atomic E-state index is 12.8. The van der Waals surface area contributed by atoms with Gasteiger partial charge in [0.2, 0.25) is 0 Å². The van der Waals surface area contributed by atoms with Gasteiger partial charge in [-0.25, -0.2) is 4.57 Å². The molecule has 0 radical (unpaired) electrons. The van der Waals surface area contributed by atoms with Crippen LogP contribution in [0.15, 0.2) is 0 Å². The minimum absolute atomic E-state index is 0.0945. The van der Waals surface area contributed by atoms with Crippen LogP contribution < -0.4 is 0 Å². The summed E-state index contributed by atoms with van der Waals surface area (Å²) in [5, 5.41) is 0. The first-order chi connectivity index (χ1) is 32.6. The number of hydrogen-bond donors (Lipinski definition) is 1. The highest BCUT2D eigenvalue weighted by Crippen LogP contribution is 2.43. The molecule has 0 heterocycles. The van der Waals surface area contributed by atoms with Crippen molar-refractivity contribution in [3.63, 3.8) is 0 Å². The average molecular weight is 974 g/mol. The van der Waals surface area contributed by atoms with E-state index in [0.29, 0.717) is 24.1 Å². The Hall–Kier alpha value is -0.500. The third kappa shape index (κ3) is 56.3. The van der Waals surface area contributed by atoms with Crippen LogP contribution in [0.5, 0.6) is 0 Å². The Kier molecular flexibility index (Phi) is 51.5. The fourth-order valence-corrected chi connectivity index (χ4v) is 9.83. The number of esters is 1. The Balaban J connectivity index is 3.97. The quantitative estimate of drug-likeness (QED) is 0.0281. The van der Waals surface area contributed by atoms with Crippen LogP contribution in [0.3, 0.4) is 0 Å². The maximum Gasteiger partial charge on any atom is 0.472 e. The molecule has 0 spiro atoms. The van der Waals surface area contributed by atoms with Crippen LogP contribution in [0.1, 0.15) is 309 Å². The highest BCUT2D eigenvalue weighted by Gasteiger charge is 2.26. The zero-order valence-electron chi connectivity index (χ0n) is 45.9. The second-order valence-electron chi connectivity index (χ2n) is 21.8. The lowest BCUT2D eigenvalue weighted by Crippen LogP contribution is -2.37. The molecule has 0 bridgehead atoms. The fourth-order valence-electron chi connectivity index (χ4n) is 9.09. The molecule has 0 aliphatic carbocycles. The van der Waals surface area contributed by atoms with Crippen molar-refractivity contribution in [2.45, 2.75) is 315 Å². The van der Waals surface area contributed by atoms with Crippen molar-refractivity contribution in [3.8, 4) is 0 Å². The van der Waals surface area contributed by atoms with Gasteiger partial charge in [-0.2, -0.15) is 0 Å². The van der Waals surface area contributed by atoms with Gasteiger partial charge in [-0.1, -0.05) is 290 Å². The van der Waals surface area contributed by atoms with Crippen LogP contribution in [0.4, 0.5) is 0 Å². The Morgan fingerprint density at radius 1 is 0.403 bits per heavy atom. The summed E-state index contributed by atoms with van der Waals surface area (Å²) in [4.78, 5) is 23.1. The van der Waals surface area contributed by atoms with E-state index in [9.17, 15) is 14.3 Å². The standard InChI is InChI=1S/C58H118NO7P/c1-6-8-10-12-14-16-18-20-22-24-26-27-28-29-30-31-32-34-36-38-40-42-44-46-48-50-53-63-55-57(56-65-67(61,62)64-54-52-59(3,4)5)66-58(60)51-49-47-45-43-41-39-37-35-33-25-23-21-19-17-15-13-11-9-7-2/h57H,6-56H2,1-5H3/p+1. The number of quaternary nitrogens is 1. The Bertz CT molecular complexity index is 1040. The van der Waals surface area contributed by atoms with Crippen LogP contribution in [0, 0.1) is 0 Å². The van der Waals surface area contributed by atoms with Gasteiger partial charge in [0.25, 0.3) is 0 Å². The Morgan fingerprint density at radius 3 is 0.985 bits per heavy atom. The molecule has 0 aromatic heterocycles. The van der Waals surface area contributed by atoms with Crippen molar-refractivity contribution in [1.29, 1.82) is 0 Å². The lowest BCUT2D eigenvalue weighted by atomic mass is 10.0. The Morgan fingerprint density at radius 2 is 0.687 bits per heavy atom. The molecule has 1 N–H and O–H groups in total. The van der Waals surface area contributed by atoms with Gasteiger partial charge in [0.05, 0.1) is 34.4 Å². The molecule has 0 rings (SSSR count). The lowest BCUT2D eigenvalue weighted by Gasteiger charge is -2.24. The van der Waals surface area contributed by atoms with Gasteiger partial charge >= 0.3 is 13.8 Å². The van der Waals surface area contributed by atoms with Gasteiger partial charge in [0, 0.05) is 13.0 Å². The number of carbonyl (C=O) groups excluding carboxylic acids is 1. The second kappa shape index (κ2) is 51.8. The second-order valence-corrected chi connectivity index (χ2v) is 23.2. The lowest BCUT2D eigenvalue weighted by molar-refractivity contribution is -0.870. The molecule has 67 heavy (non-hydrogen) atoms. The van der Waals surface area contributed by atoms with Crippen molar-refractivity contribution < 1.29 is 37.3 Å². The van der Waals surface area contributed by atoms with Gasteiger partial charge in [-0.15, -0.1) is 0 Å². The smallest absolute Gasteiger partial charge is 0.457 e. The van der Waals surface area contributed by atoms with Crippen molar-refractivity contribution in [1.82, 2.24) is 0 Å². The van der Waals surface area contributed by atoms with Crippen LogP contribution in [-0.4, -0.2) is 75.6 Å². The Labute approximate surface area is 418 Å². The van der Waals surface area contributed by atoms with Gasteiger partial charge < -0.3 is 18.9 Å². The molecule has 0 saturated heterocycles. The minimum Gasteiger partial charge on any atom is -0.457 e. The van der Waals surface area contributed by atoms with E-state index in [0.717, 1.165) is 32.1 Å². The summed E-state index contributed by atoms with van der Waals surface area (Å²) in [5.41, 5.74) is 0. The first-order valence-corrected chi connectivity index (χ1v) is 31.3. The van der Waals surface area contributed by atoms with E-state index in [1.807, 2.05) is 21.1 Å². The summed E-state index contributed by atoms with van der Waals surface area (Å²) in [5.74, 6) is -0.303. The van der Waals surface area contributed by atoms with E-state index in [-0.39, 0.29) is 25.8 Å². The molecule has 0 saturated carbocycles. The van der Waals surface area contributed by atoms with Crippen molar-refractivity contribution in [2.24, 2.45) is 0 Å². The van der Waals surface area contributed by atoms with Crippen LogP contribution >= 0.6 is 7.82 Å². The molecule has 0 aromatic carbocycles. The molecule has 8 nitrogen and oxygen atoms in total. The fraction of sp³-hybridized carbons (Fsp3) is 0.983. The topological polar surface area (TPSA) is 91.3 Å². The van der Waals surface area contributed by atoms with Gasteiger partial charge in [0.1, 0.15) is 19.3 Å². The average Bonchev–Trinajstić information content (AvgIpc) is 3.29. The molecule has 2 atom stereocenters. The van der Waals surface area contributed by atoms with E-state index < -0.39 is 13.9 Å². The number of nitrogens with zero attached hydrogens (tertiary/aromatic N) is 1. The number of hydrogen-bond acceptors (Lipinski definition) is 6. The van der Waals surface area contributed by atoms with Crippen molar-refractivity contribution in [2.75, 3.05) is 54.1 Å². The van der Waals surface area contributed by atoms with Gasteiger partial charge in [-0.3, -0.25) is 13.8 Å². The third-order valence-corrected chi connectivity index (χ3v) is 14.7. The normalized spacial score (nSPS) is 13.3. The largest absolute Gasteiger partial charge is 0.472 e. The zero-order valence-corrected chi connectivity index (χ0v) is 46.8. The maximum absolute atomic E-state index is 12.8. The van der Waals surface area contributed by atoms with Crippen molar-refractivity contribution >= 4 is 13.8 Å². The summed E-state index contributed by atoms with van der Waals surface area (Å²) in [6.45, 7) is 5.72. The first kappa shape index (κ1) is 66.5. The molecule has 0 aliphatic rings. The zero-order chi connectivity index (χ0) is 49.0. The van der Waals surface area contributed by atoms with Crippen molar-refractivity contribution in [3.05, 3.63) is 0 Å². The summed E-state index contributed by atoms with van der Waals surface area (Å²) in [6.07, 6.45) is 60.3. The van der Waals surface area contributed by atoms with Gasteiger partial charge in [-0.05, 0) is 12.8 Å². The molecular weight excluding hydrogens is 854 g/mol. The monoisotopic (exact) mass is 973 g/mol. The summed E-state index contributed by atoms with van der Waals surface area (Å²) < 4.78 is 35.3. The highest BCUT2D eigenvalue weighted by molar-refractivity contribution is 7.47. The number of carbonyl (C=O) groups is 1. The number of ether oxygens (including phenoxy) is 2. The molecule has 0 aliphatic heterocycles. The van der Waals surface area contributed by atoms with Crippen LogP contribution in [0.2, 0.25) is 0 Å². The third-order valence-electron chi connectivity index (χ3n) is 13.7. The number of rotatable bonds is 57. The molecule has 0 aromatic rings. The SMILES string of the molecule is CCCCCCCCCCCCCCCCCCCCCCCCCCCCOCC(COP(=O)(O)OCC[N+](C)(C)C)OC(=O)CCCCCCCCCCCCCCCCCCCCC. The van der Waals surface area contributed by atoms with E-state index in [2.05, 4.69) is 13.8 Å². The van der Waals surface area contributed by atoms with E-state index in [1.54, 1.807) is 0 Å². The molecule has 0 amide bonds. The minimum atomic E-state index is -4.28. The predicted octanol–water partition coefficient (Wildman–Crippen LogP) is 18.7. The molecule has 402 valence electrons. The predicted molar refractivity (Wildman–Crippen MR) is 289 cm³/mol. The van der Waals surface area contributed by atoms with Gasteiger partial charge in [0.15, 0.2) is 0 Å². The summed E-state index contributed by atoms with van der Waals surface area (Å²) in [7, 11) is 1.69.